The Kier molecular flexibility index (Phi) is 7.53. The van der Waals surface area contributed by atoms with Crippen LogP contribution in [0.1, 0.15) is 55.5 Å². The minimum Gasteiger partial charge on any atom is -0.383 e. The molecule has 2 aliphatic rings. The molecule has 5 rings (SSSR count). The molecule has 3 aromatic rings. The maximum absolute atomic E-state index is 14.9. The zero-order valence-electron chi connectivity index (χ0n) is 22.3. The number of piperidine rings is 1. The number of rotatable bonds is 5. The summed E-state index contributed by atoms with van der Waals surface area (Å²) in [6, 6.07) is 9.49. The first kappa shape index (κ1) is 27.6. The van der Waals surface area contributed by atoms with Crippen LogP contribution in [0.15, 0.2) is 71.1 Å². The van der Waals surface area contributed by atoms with Crippen LogP contribution in [-0.4, -0.2) is 33.4 Å². The van der Waals surface area contributed by atoms with E-state index in [1.807, 2.05) is 18.5 Å². The van der Waals surface area contributed by atoms with Gasteiger partial charge in [0.05, 0.1) is 11.3 Å². The van der Waals surface area contributed by atoms with E-state index >= 15 is 0 Å². The van der Waals surface area contributed by atoms with Gasteiger partial charge in [0, 0.05) is 67.3 Å². The van der Waals surface area contributed by atoms with Gasteiger partial charge in [0.2, 0.25) is 0 Å². The molecule has 2 aromatic carbocycles. The predicted molar refractivity (Wildman–Crippen MR) is 145 cm³/mol. The summed E-state index contributed by atoms with van der Waals surface area (Å²) in [6.07, 6.45) is 1.51. The number of nitrogens with zero attached hydrogens (tertiary/aromatic N) is 4. The second kappa shape index (κ2) is 10.9. The van der Waals surface area contributed by atoms with Gasteiger partial charge in [0.1, 0.15) is 23.3 Å². The average Bonchev–Trinajstić information content (AvgIpc) is 3.23. The number of nitrogens with two attached hydrogens (primary N) is 1. The van der Waals surface area contributed by atoms with Crippen LogP contribution < -0.4 is 5.73 Å². The zero-order chi connectivity index (χ0) is 28.6. The summed E-state index contributed by atoms with van der Waals surface area (Å²) < 4.78 is 70.3. The van der Waals surface area contributed by atoms with Crippen molar-refractivity contribution < 1.29 is 22.0 Å². The van der Waals surface area contributed by atoms with Gasteiger partial charge < -0.3 is 15.2 Å². The molecule has 5 nitrogen and oxygen atoms in total. The SMILES string of the molecule is CCC1=CN=C(N)C(c2ccccc2F)=C(N2CCC(c3nc(-c4ccc(F)c(C(F)(F)F)c4)cn3C)CC2)C1. The number of alkyl halides is 3. The van der Waals surface area contributed by atoms with Crippen molar-refractivity contribution in [3.8, 4) is 11.3 Å². The summed E-state index contributed by atoms with van der Waals surface area (Å²) in [5.41, 5.74) is 8.69. The molecule has 2 aliphatic heterocycles. The van der Waals surface area contributed by atoms with Gasteiger partial charge in [-0.3, -0.25) is 0 Å². The highest BCUT2D eigenvalue weighted by Crippen LogP contribution is 2.38. The van der Waals surface area contributed by atoms with Crippen molar-refractivity contribution in [3.05, 3.63) is 94.7 Å². The van der Waals surface area contributed by atoms with Crippen molar-refractivity contribution in [2.24, 2.45) is 17.8 Å². The molecule has 0 radical (unpaired) electrons. The second-order valence-corrected chi connectivity index (χ2v) is 10.2. The smallest absolute Gasteiger partial charge is 0.383 e. The van der Waals surface area contributed by atoms with Gasteiger partial charge in [-0.2, -0.15) is 13.2 Å². The standard InChI is InChI=1S/C30H30F5N5/c1-3-18-14-26(27(28(36)37-16-18)21-6-4-5-7-23(21)31)40-12-10-19(11-13-40)29-38-25(17-39(29)2)20-8-9-24(32)22(15-20)30(33,34)35/h4-9,15-17,19H,3,10-14H2,1-2H3,(H2,36,37). The van der Waals surface area contributed by atoms with Crippen LogP contribution >= 0.6 is 0 Å². The van der Waals surface area contributed by atoms with Crippen molar-refractivity contribution in [2.75, 3.05) is 13.1 Å². The van der Waals surface area contributed by atoms with Crippen molar-refractivity contribution in [1.82, 2.24) is 14.5 Å². The lowest BCUT2D eigenvalue weighted by Gasteiger charge is -2.36. The van der Waals surface area contributed by atoms with E-state index < -0.39 is 17.6 Å². The molecule has 40 heavy (non-hydrogen) atoms. The van der Waals surface area contributed by atoms with Crippen LogP contribution in [0.25, 0.3) is 16.8 Å². The van der Waals surface area contributed by atoms with Crippen LogP contribution in [0.4, 0.5) is 22.0 Å². The van der Waals surface area contributed by atoms with E-state index in [1.165, 1.54) is 12.1 Å². The molecule has 3 heterocycles. The Labute approximate surface area is 229 Å². The number of likely N-dealkylation sites (tertiary alicyclic amines) is 1. The first-order chi connectivity index (χ1) is 19.1. The van der Waals surface area contributed by atoms with Gasteiger partial charge in [-0.25, -0.2) is 18.8 Å². The maximum atomic E-state index is 14.9. The third-order valence-corrected chi connectivity index (χ3v) is 7.64. The molecule has 0 atom stereocenters. The molecule has 0 saturated carbocycles. The highest BCUT2D eigenvalue weighted by atomic mass is 19.4. The summed E-state index contributed by atoms with van der Waals surface area (Å²) in [6.45, 7) is 3.38. The quantitative estimate of drug-likeness (QED) is 0.344. The normalized spacial score (nSPS) is 17.1. The molecule has 1 saturated heterocycles. The molecule has 10 heteroatoms. The Balaban J connectivity index is 1.41. The maximum Gasteiger partial charge on any atom is 0.419 e. The Morgan fingerprint density at radius 1 is 1.02 bits per heavy atom. The fourth-order valence-corrected chi connectivity index (χ4v) is 5.47. The topological polar surface area (TPSA) is 59.4 Å². The first-order valence-corrected chi connectivity index (χ1v) is 13.2. The van der Waals surface area contributed by atoms with E-state index in [9.17, 15) is 22.0 Å². The van der Waals surface area contributed by atoms with E-state index in [1.54, 1.807) is 30.6 Å². The van der Waals surface area contributed by atoms with Crippen LogP contribution in [0.5, 0.6) is 0 Å². The predicted octanol–water partition coefficient (Wildman–Crippen LogP) is 7.03. The number of benzene rings is 2. The summed E-state index contributed by atoms with van der Waals surface area (Å²) in [4.78, 5) is 11.3. The average molecular weight is 556 g/mol. The van der Waals surface area contributed by atoms with Crippen LogP contribution in [0.2, 0.25) is 0 Å². The number of amidine groups is 1. The lowest BCUT2D eigenvalue weighted by atomic mass is 9.92. The van der Waals surface area contributed by atoms with Crippen molar-refractivity contribution >= 4 is 11.4 Å². The van der Waals surface area contributed by atoms with Crippen molar-refractivity contribution in [1.29, 1.82) is 0 Å². The third kappa shape index (κ3) is 5.39. The van der Waals surface area contributed by atoms with Crippen molar-refractivity contribution in [2.45, 2.75) is 44.7 Å². The molecule has 1 fully saturated rings. The number of aryl methyl sites for hydroxylation is 1. The van der Waals surface area contributed by atoms with Crippen molar-refractivity contribution in [3.63, 3.8) is 0 Å². The Hall–Kier alpha value is -3.95. The third-order valence-electron chi connectivity index (χ3n) is 7.64. The van der Waals surface area contributed by atoms with E-state index in [0.29, 0.717) is 36.3 Å². The number of hydrogen-bond acceptors (Lipinski definition) is 4. The van der Waals surface area contributed by atoms with E-state index in [0.717, 1.165) is 48.5 Å². The number of aromatic nitrogens is 2. The number of hydrogen-bond donors (Lipinski definition) is 1. The highest BCUT2D eigenvalue weighted by molar-refractivity contribution is 6.23. The molecule has 0 spiro atoms. The van der Waals surface area contributed by atoms with Crippen LogP contribution in [0, 0.1) is 11.6 Å². The fraction of sp³-hybridized carbons (Fsp3) is 0.333. The number of allylic oxidation sites excluding steroid dienone is 1. The Morgan fingerprint density at radius 3 is 2.42 bits per heavy atom. The molecule has 0 unspecified atom stereocenters. The molecule has 2 N–H and O–H groups in total. The minimum atomic E-state index is -4.79. The summed E-state index contributed by atoms with van der Waals surface area (Å²) >= 11 is 0. The number of halogens is 5. The highest BCUT2D eigenvalue weighted by Gasteiger charge is 2.35. The van der Waals surface area contributed by atoms with Gasteiger partial charge in [0.15, 0.2) is 0 Å². The molecular weight excluding hydrogens is 525 g/mol. The summed E-state index contributed by atoms with van der Waals surface area (Å²) in [5.74, 6) is -0.580. The lowest BCUT2D eigenvalue weighted by molar-refractivity contribution is -0.139. The molecule has 0 amide bonds. The number of aliphatic imine (C=N–C) groups is 1. The number of imidazole rings is 1. The van der Waals surface area contributed by atoms with E-state index in [-0.39, 0.29) is 23.1 Å². The Bertz CT molecular complexity index is 1510. The monoisotopic (exact) mass is 555 g/mol. The van der Waals surface area contributed by atoms with Gasteiger partial charge in [0.25, 0.3) is 0 Å². The second-order valence-electron chi connectivity index (χ2n) is 10.2. The van der Waals surface area contributed by atoms with E-state index in [4.69, 9.17) is 5.73 Å². The van der Waals surface area contributed by atoms with Gasteiger partial charge in [-0.05, 0) is 49.1 Å². The zero-order valence-corrected chi connectivity index (χ0v) is 22.3. The van der Waals surface area contributed by atoms with Gasteiger partial charge in [-0.15, -0.1) is 0 Å². The minimum absolute atomic E-state index is 0.0630. The fourth-order valence-electron chi connectivity index (χ4n) is 5.47. The van der Waals surface area contributed by atoms with Gasteiger partial charge >= 0.3 is 6.18 Å². The summed E-state index contributed by atoms with van der Waals surface area (Å²) in [5, 5.41) is 0. The first-order valence-electron chi connectivity index (χ1n) is 13.2. The molecule has 0 bridgehead atoms. The largest absolute Gasteiger partial charge is 0.419 e. The summed E-state index contributed by atoms with van der Waals surface area (Å²) in [7, 11) is 1.81. The molecule has 210 valence electrons. The molecular formula is C30H30F5N5. The van der Waals surface area contributed by atoms with Crippen LogP contribution in [-0.2, 0) is 13.2 Å². The Morgan fingerprint density at radius 2 is 1.75 bits per heavy atom. The van der Waals surface area contributed by atoms with Crippen LogP contribution in [0.3, 0.4) is 0 Å². The molecule has 0 aliphatic carbocycles. The lowest BCUT2D eigenvalue weighted by Crippen LogP contribution is -2.35. The van der Waals surface area contributed by atoms with E-state index in [2.05, 4.69) is 14.9 Å². The van der Waals surface area contributed by atoms with Gasteiger partial charge in [-0.1, -0.05) is 25.1 Å². The molecule has 1 aromatic heterocycles.